The third kappa shape index (κ3) is 14.2. The van der Waals surface area contributed by atoms with E-state index >= 15 is 0 Å². The molecular formula is C27H49N6O4P. The molecule has 10 nitrogen and oxygen atoms in total. The van der Waals surface area contributed by atoms with Crippen molar-refractivity contribution in [1.82, 2.24) is 25.7 Å². The monoisotopic (exact) mass is 552 g/mol. The van der Waals surface area contributed by atoms with Gasteiger partial charge in [-0.15, -0.1) is 12.3 Å². The van der Waals surface area contributed by atoms with Gasteiger partial charge in [-0.3, -0.25) is 4.57 Å². The van der Waals surface area contributed by atoms with Crippen LogP contribution >= 0.6 is 7.60 Å². The number of imidazole rings is 1. The number of hydrogen-bond donors (Lipinski definition) is 3. The van der Waals surface area contributed by atoms with E-state index in [-0.39, 0.29) is 25.2 Å². The van der Waals surface area contributed by atoms with Crippen LogP contribution in [0.5, 0.6) is 0 Å². The Kier molecular flexibility index (Phi) is 17.9. The van der Waals surface area contributed by atoms with Gasteiger partial charge in [0, 0.05) is 6.42 Å². The molecule has 0 bridgehead atoms. The molecule has 216 valence electrons. The maximum Gasteiger partial charge on any atom is 0.353 e. The minimum absolute atomic E-state index is 0. The van der Waals surface area contributed by atoms with Crippen molar-refractivity contribution in [2.45, 2.75) is 116 Å². The number of ether oxygens (including phenoxy) is 1. The molecule has 2 atom stereocenters. The first-order chi connectivity index (χ1) is 17.9. The van der Waals surface area contributed by atoms with Crippen LogP contribution in [-0.4, -0.2) is 43.5 Å². The molecule has 6 N–H and O–H groups in total. The van der Waals surface area contributed by atoms with Crippen molar-refractivity contribution in [3.63, 3.8) is 0 Å². The molecule has 2 aromatic rings. The number of nitrogen functional groups attached to an aromatic ring is 1. The van der Waals surface area contributed by atoms with E-state index in [0.29, 0.717) is 23.5 Å². The van der Waals surface area contributed by atoms with Crippen molar-refractivity contribution in [3.05, 3.63) is 12.7 Å². The van der Waals surface area contributed by atoms with Crippen LogP contribution in [0.1, 0.15) is 103 Å². The van der Waals surface area contributed by atoms with Crippen LogP contribution < -0.4 is 11.9 Å². The summed E-state index contributed by atoms with van der Waals surface area (Å²) in [7, 11) is -3.78. The zero-order valence-electron chi connectivity index (χ0n) is 23.2. The fourth-order valence-electron chi connectivity index (χ4n) is 4.28. The standard InChI is InChI=1S/C27H46N5O4P.H3N/c1-3-4-5-6-7-8-9-10-11-12-13-14-15-16-17-18-19-36-37(33,34)23-35-24(2)20-32-22-31-25-26(28)29-21-30-27(25)32;/h1,21-22,24H,4-20,23H2,2H3,(H,33,34)(H2,28,29,30);1H3/t24-;/m1./s1. The molecule has 0 saturated carbocycles. The maximum atomic E-state index is 12.3. The number of nitrogens with zero attached hydrogens (tertiary/aromatic N) is 4. The summed E-state index contributed by atoms with van der Waals surface area (Å²) in [5.74, 6) is 3.02. The summed E-state index contributed by atoms with van der Waals surface area (Å²) in [5.41, 5.74) is 6.93. The largest absolute Gasteiger partial charge is 0.382 e. The van der Waals surface area contributed by atoms with Gasteiger partial charge in [-0.2, -0.15) is 0 Å². The van der Waals surface area contributed by atoms with Crippen molar-refractivity contribution in [3.8, 4) is 12.3 Å². The second-order valence-corrected chi connectivity index (χ2v) is 11.6. The van der Waals surface area contributed by atoms with Crippen LogP contribution in [0.25, 0.3) is 11.2 Å². The molecule has 1 unspecified atom stereocenters. The Morgan fingerprint density at radius 2 is 1.53 bits per heavy atom. The number of hydrogen-bond acceptors (Lipinski definition) is 8. The number of nitrogens with two attached hydrogens (primary N) is 1. The molecule has 38 heavy (non-hydrogen) atoms. The van der Waals surface area contributed by atoms with E-state index in [1.807, 2.05) is 6.92 Å². The van der Waals surface area contributed by atoms with Gasteiger partial charge in [-0.25, -0.2) is 15.0 Å². The van der Waals surface area contributed by atoms with Gasteiger partial charge in [-0.1, -0.05) is 77.0 Å². The highest BCUT2D eigenvalue weighted by Gasteiger charge is 2.21. The molecule has 11 heteroatoms. The van der Waals surface area contributed by atoms with Crippen LogP contribution in [0.4, 0.5) is 5.82 Å². The molecule has 0 aliphatic heterocycles. The summed E-state index contributed by atoms with van der Waals surface area (Å²) >= 11 is 0. The Bertz CT molecular complexity index is 980. The van der Waals surface area contributed by atoms with Gasteiger partial charge >= 0.3 is 7.60 Å². The first kappa shape index (κ1) is 34.0. The Hall–Kier alpha value is -2.02. The van der Waals surface area contributed by atoms with E-state index in [9.17, 15) is 9.46 Å². The number of terminal acetylenes is 1. The molecule has 0 aliphatic rings. The molecule has 2 rings (SSSR count). The molecule has 0 radical (unpaired) electrons. The number of rotatable bonds is 22. The quantitative estimate of drug-likeness (QED) is 0.0828. The minimum atomic E-state index is -3.78. The van der Waals surface area contributed by atoms with E-state index in [4.69, 9.17) is 21.4 Å². The first-order valence-corrected chi connectivity index (χ1v) is 15.6. The fourth-order valence-corrected chi connectivity index (χ4v) is 5.21. The Balaban J connectivity index is 0.00000722. The average molecular weight is 553 g/mol. The zero-order chi connectivity index (χ0) is 26.8. The van der Waals surface area contributed by atoms with E-state index in [1.54, 1.807) is 10.9 Å². The van der Waals surface area contributed by atoms with Gasteiger partial charge in [0.15, 0.2) is 11.5 Å². The molecule has 0 fully saturated rings. The van der Waals surface area contributed by atoms with Gasteiger partial charge in [-0.05, 0) is 19.8 Å². The Morgan fingerprint density at radius 3 is 2.11 bits per heavy atom. The summed E-state index contributed by atoms with van der Waals surface area (Å²) < 4.78 is 24.9. The third-order valence-electron chi connectivity index (χ3n) is 6.41. The van der Waals surface area contributed by atoms with Crippen LogP contribution in [0.2, 0.25) is 0 Å². The molecule has 0 amide bonds. The highest BCUT2D eigenvalue weighted by atomic mass is 31.2. The first-order valence-electron chi connectivity index (χ1n) is 13.9. The smallest absolute Gasteiger partial charge is 0.353 e. The predicted octanol–water partition coefficient (Wildman–Crippen LogP) is 6.62. The normalized spacial score (nSPS) is 13.6. The molecule has 0 aliphatic carbocycles. The second kappa shape index (κ2) is 20.0. The highest BCUT2D eigenvalue weighted by Crippen LogP contribution is 2.42. The van der Waals surface area contributed by atoms with Gasteiger partial charge in [0.1, 0.15) is 18.2 Å². The minimum Gasteiger partial charge on any atom is -0.382 e. The third-order valence-corrected chi connectivity index (χ3v) is 7.48. The summed E-state index contributed by atoms with van der Waals surface area (Å²) in [6, 6.07) is 0. The zero-order valence-corrected chi connectivity index (χ0v) is 24.1. The van der Waals surface area contributed by atoms with Gasteiger partial charge in [0.05, 0.1) is 25.6 Å². The van der Waals surface area contributed by atoms with Crippen molar-refractivity contribution >= 4 is 24.6 Å². The fraction of sp³-hybridized carbons (Fsp3) is 0.741. The van der Waals surface area contributed by atoms with Crippen LogP contribution in [0.15, 0.2) is 12.7 Å². The Morgan fingerprint density at radius 1 is 0.974 bits per heavy atom. The van der Waals surface area contributed by atoms with E-state index < -0.39 is 7.60 Å². The van der Waals surface area contributed by atoms with Crippen molar-refractivity contribution in [1.29, 1.82) is 0 Å². The molecule has 2 heterocycles. The maximum absolute atomic E-state index is 12.3. The lowest BCUT2D eigenvalue weighted by atomic mass is 10.0. The SMILES string of the molecule is C#CCCCCCCCCCCCCCCCCOP(=O)(O)CO[C@H](C)Cn1cnc2c(N)ncnc21.N. The van der Waals surface area contributed by atoms with E-state index in [1.165, 1.54) is 77.0 Å². The average Bonchev–Trinajstić information content (AvgIpc) is 3.28. The Labute approximate surface area is 228 Å². The van der Waals surface area contributed by atoms with Crippen molar-refractivity contribution in [2.24, 2.45) is 0 Å². The van der Waals surface area contributed by atoms with Crippen molar-refractivity contribution in [2.75, 3.05) is 18.7 Å². The van der Waals surface area contributed by atoms with E-state index in [2.05, 4.69) is 20.9 Å². The molecule has 0 aromatic carbocycles. The molecular weight excluding hydrogens is 503 g/mol. The van der Waals surface area contributed by atoms with Crippen LogP contribution in [0, 0.1) is 12.3 Å². The lowest BCUT2D eigenvalue weighted by Gasteiger charge is -2.17. The topological polar surface area (TPSA) is 160 Å². The van der Waals surface area contributed by atoms with Crippen LogP contribution in [0.3, 0.4) is 0 Å². The predicted molar refractivity (Wildman–Crippen MR) is 154 cm³/mol. The van der Waals surface area contributed by atoms with Crippen LogP contribution in [-0.2, 0) is 20.4 Å². The number of fused-ring (bicyclic) bond motifs is 1. The number of anilines is 1. The summed E-state index contributed by atoms with van der Waals surface area (Å²) in [6.45, 7) is 2.51. The number of unbranched alkanes of at least 4 members (excludes halogenated alkanes) is 14. The molecule has 0 spiro atoms. The lowest BCUT2D eigenvalue weighted by Crippen LogP contribution is -2.17. The van der Waals surface area contributed by atoms with Gasteiger partial charge in [0.25, 0.3) is 0 Å². The van der Waals surface area contributed by atoms with Gasteiger partial charge in [0.2, 0.25) is 0 Å². The summed E-state index contributed by atoms with van der Waals surface area (Å²) in [4.78, 5) is 22.4. The summed E-state index contributed by atoms with van der Waals surface area (Å²) in [5, 5.41) is 0. The lowest BCUT2D eigenvalue weighted by molar-refractivity contribution is 0.0715. The summed E-state index contributed by atoms with van der Waals surface area (Å²) in [6.07, 6.45) is 25.7. The van der Waals surface area contributed by atoms with E-state index in [0.717, 1.165) is 25.7 Å². The molecule has 2 aromatic heterocycles. The van der Waals surface area contributed by atoms with Gasteiger partial charge < -0.3 is 30.6 Å². The molecule has 0 saturated heterocycles. The second-order valence-electron chi connectivity index (χ2n) is 9.81. The van der Waals surface area contributed by atoms with Crippen molar-refractivity contribution < 1.29 is 18.7 Å². The highest BCUT2D eigenvalue weighted by molar-refractivity contribution is 7.52. The number of aromatic nitrogens is 4.